The van der Waals surface area contributed by atoms with E-state index in [1.165, 1.54) is 12.8 Å². The Morgan fingerprint density at radius 3 is 2.71 bits per heavy atom. The van der Waals surface area contributed by atoms with Crippen LogP contribution in [0, 0.1) is 5.92 Å². The number of likely N-dealkylation sites (tertiary alicyclic amines) is 1. The number of aromatic nitrogens is 2. The van der Waals surface area contributed by atoms with Crippen LogP contribution in [0.3, 0.4) is 0 Å². The summed E-state index contributed by atoms with van der Waals surface area (Å²) in [5.74, 6) is 2.39. The van der Waals surface area contributed by atoms with Gasteiger partial charge in [-0.15, -0.1) is 0 Å². The van der Waals surface area contributed by atoms with Crippen molar-refractivity contribution in [3.8, 4) is 0 Å². The average molecular weight is 332 g/mol. The Bertz CT molecular complexity index is 588. The van der Waals surface area contributed by atoms with Crippen LogP contribution in [0.1, 0.15) is 82.5 Å². The van der Waals surface area contributed by atoms with Crippen LogP contribution in [0.15, 0.2) is 4.52 Å². The highest BCUT2D eigenvalue weighted by molar-refractivity contribution is 5.77. The molecule has 4 heterocycles. The highest BCUT2D eigenvalue weighted by Crippen LogP contribution is 2.36. The van der Waals surface area contributed by atoms with Crippen molar-refractivity contribution < 1.29 is 9.32 Å². The van der Waals surface area contributed by atoms with Crippen LogP contribution in [0.4, 0.5) is 0 Å². The van der Waals surface area contributed by atoms with Crippen LogP contribution in [0.2, 0.25) is 0 Å². The Morgan fingerprint density at radius 1 is 1.29 bits per heavy atom. The molecule has 3 fully saturated rings. The summed E-state index contributed by atoms with van der Waals surface area (Å²) >= 11 is 0. The number of carbonyl (C=O) groups excluding carboxylic acids is 1. The van der Waals surface area contributed by atoms with Gasteiger partial charge in [0, 0.05) is 31.0 Å². The van der Waals surface area contributed by atoms with Gasteiger partial charge in [-0.25, -0.2) is 0 Å². The molecule has 3 unspecified atom stereocenters. The molecule has 3 atom stereocenters. The van der Waals surface area contributed by atoms with Gasteiger partial charge in [0.05, 0.1) is 6.04 Å². The molecule has 0 saturated carbocycles. The molecule has 132 valence electrons. The van der Waals surface area contributed by atoms with E-state index in [1.54, 1.807) is 0 Å². The van der Waals surface area contributed by atoms with E-state index in [-0.39, 0.29) is 17.9 Å². The van der Waals surface area contributed by atoms with Gasteiger partial charge in [0.2, 0.25) is 11.8 Å². The molecule has 24 heavy (non-hydrogen) atoms. The smallest absolute Gasteiger partial charge is 0.229 e. The lowest BCUT2D eigenvalue weighted by molar-refractivity contribution is -0.133. The third kappa shape index (κ3) is 3.08. The summed E-state index contributed by atoms with van der Waals surface area (Å²) in [5.41, 5.74) is 0. The molecular formula is C18H28N4O2. The Balaban J connectivity index is 1.41. The van der Waals surface area contributed by atoms with Gasteiger partial charge in [0.15, 0.2) is 5.82 Å². The summed E-state index contributed by atoms with van der Waals surface area (Å²) in [6, 6.07) is 1.29. The molecule has 3 aliphatic heterocycles. The lowest BCUT2D eigenvalue weighted by atomic mass is 9.89. The van der Waals surface area contributed by atoms with E-state index in [1.807, 2.05) is 18.7 Å². The molecule has 4 rings (SSSR count). The maximum Gasteiger partial charge on any atom is 0.229 e. The SMILES string of the molecule is CC(C)c1nc(C2CCCN2C(=O)CC2CC3CCC(C2)N3)no1. The van der Waals surface area contributed by atoms with Gasteiger partial charge in [-0.2, -0.15) is 4.98 Å². The molecule has 1 aromatic rings. The molecule has 6 heteroatoms. The van der Waals surface area contributed by atoms with Crippen molar-refractivity contribution in [2.45, 2.75) is 82.8 Å². The van der Waals surface area contributed by atoms with Crippen molar-refractivity contribution in [3.63, 3.8) is 0 Å². The molecule has 2 bridgehead atoms. The second-order valence-electron chi connectivity index (χ2n) is 8.07. The van der Waals surface area contributed by atoms with Crippen LogP contribution in [0.25, 0.3) is 0 Å². The van der Waals surface area contributed by atoms with Crippen molar-refractivity contribution >= 4 is 5.91 Å². The summed E-state index contributed by atoms with van der Waals surface area (Å²) in [6.07, 6.45) is 7.52. The predicted molar refractivity (Wildman–Crippen MR) is 89.4 cm³/mol. The van der Waals surface area contributed by atoms with Gasteiger partial charge in [0.1, 0.15) is 0 Å². The van der Waals surface area contributed by atoms with Gasteiger partial charge in [-0.05, 0) is 44.4 Å². The van der Waals surface area contributed by atoms with E-state index in [9.17, 15) is 4.79 Å². The van der Waals surface area contributed by atoms with Crippen LogP contribution in [-0.4, -0.2) is 39.6 Å². The largest absolute Gasteiger partial charge is 0.339 e. The Hall–Kier alpha value is -1.43. The zero-order valence-corrected chi connectivity index (χ0v) is 14.7. The van der Waals surface area contributed by atoms with Crippen molar-refractivity contribution in [1.29, 1.82) is 0 Å². The predicted octanol–water partition coefficient (Wildman–Crippen LogP) is 2.78. The van der Waals surface area contributed by atoms with E-state index >= 15 is 0 Å². The highest BCUT2D eigenvalue weighted by Gasteiger charge is 2.38. The van der Waals surface area contributed by atoms with E-state index in [0.717, 1.165) is 32.2 Å². The third-order valence-electron chi connectivity index (χ3n) is 5.86. The first-order valence-corrected chi connectivity index (χ1v) is 9.49. The van der Waals surface area contributed by atoms with Crippen molar-refractivity contribution in [2.75, 3.05) is 6.54 Å². The minimum Gasteiger partial charge on any atom is -0.339 e. The van der Waals surface area contributed by atoms with Crippen molar-refractivity contribution in [2.24, 2.45) is 5.92 Å². The van der Waals surface area contributed by atoms with Gasteiger partial charge in [0.25, 0.3) is 0 Å². The summed E-state index contributed by atoms with van der Waals surface area (Å²) in [7, 11) is 0. The topological polar surface area (TPSA) is 71.3 Å². The molecule has 0 aromatic carbocycles. The number of carbonyl (C=O) groups is 1. The number of amides is 1. The zero-order valence-electron chi connectivity index (χ0n) is 14.7. The Labute approximate surface area is 143 Å². The average Bonchev–Trinajstić information content (AvgIpc) is 3.25. The lowest BCUT2D eigenvalue weighted by Crippen LogP contribution is -2.40. The number of hydrogen-bond acceptors (Lipinski definition) is 5. The number of hydrogen-bond donors (Lipinski definition) is 1. The number of nitrogens with one attached hydrogen (secondary N) is 1. The first-order valence-electron chi connectivity index (χ1n) is 9.49. The van der Waals surface area contributed by atoms with Gasteiger partial charge in [-0.1, -0.05) is 19.0 Å². The molecule has 3 saturated heterocycles. The summed E-state index contributed by atoms with van der Waals surface area (Å²) in [6.45, 7) is 4.91. The summed E-state index contributed by atoms with van der Waals surface area (Å²) in [5, 5.41) is 7.80. The zero-order chi connectivity index (χ0) is 16.7. The third-order valence-corrected chi connectivity index (χ3v) is 5.86. The van der Waals surface area contributed by atoms with E-state index in [4.69, 9.17) is 4.52 Å². The van der Waals surface area contributed by atoms with E-state index in [2.05, 4.69) is 15.5 Å². The minimum atomic E-state index is 0.00666. The molecule has 1 aromatic heterocycles. The maximum atomic E-state index is 12.9. The van der Waals surface area contributed by atoms with E-state index in [0.29, 0.717) is 36.1 Å². The quantitative estimate of drug-likeness (QED) is 0.918. The number of piperidine rings is 1. The van der Waals surface area contributed by atoms with Crippen molar-refractivity contribution in [1.82, 2.24) is 20.4 Å². The van der Waals surface area contributed by atoms with Crippen molar-refractivity contribution in [3.05, 3.63) is 11.7 Å². The van der Waals surface area contributed by atoms with Gasteiger partial charge < -0.3 is 14.7 Å². The monoisotopic (exact) mass is 332 g/mol. The molecule has 1 N–H and O–H groups in total. The maximum absolute atomic E-state index is 12.9. The molecular weight excluding hydrogens is 304 g/mol. The lowest BCUT2D eigenvalue weighted by Gasteiger charge is -2.31. The molecule has 0 spiro atoms. The number of nitrogens with zero attached hydrogens (tertiary/aromatic N) is 3. The second kappa shape index (κ2) is 6.47. The minimum absolute atomic E-state index is 0.00666. The highest BCUT2D eigenvalue weighted by atomic mass is 16.5. The van der Waals surface area contributed by atoms with Gasteiger partial charge in [-0.3, -0.25) is 4.79 Å². The summed E-state index contributed by atoms with van der Waals surface area (Å²) < 4.78 is 5.35. The first-order chi connectivity index (χ1) is 11.6. The standard InChI is InChI=1S/C18H28N4O2/c1-11(2)18-20-17(21-24-18)15-4-3-7-22(15)16(23)10-12-8-13-5-6-14(9-12)19-13/h11-15,19H,3-10H2,1-2H3. The molecule has 0 radical (unpaired) electrons. The van der Waals surface area contributed by atoms with Gasteiger partial charge >= 0.3 is 0 Å². The second-order valence-corrected chi connectivity index (χ2v) is 8.07. The van der Waals surface area contributed by atoms with Crippen LogP contribution in [-0.2, 0) is 4.79 Å². The van der Waals surface area contributed by atoms with E-state index < -0.39 is 0 Å². The summed E-state index contributed by atoms with van der Waals surface area (Å²) in [4.78, 5) is 19.4. The number of rotatable bonds is 4. The first kappa shape index (κ1) is 16.1. The molecule has 0 aliphatic carbocycles. The molecule has 3 aliphatic rings. The van der Waals surface area contributed by atoms with Crippen LogP contribution >= 0.6 is 0 Å². The fourth-order valence-electron chi connectivity index (χ4n) is 4.66. The van der Waals surface area contributed by atoms with Crippen LogP contribution < -0.4 is 5.32 Å². The molecule has 6 nitrogen and oxygen atoms in total. The Morgan fingerprint density at radius 2 is 2.04 bits per heavy atom. The normalized spacial score (nSPS) is 32.7. The molecule has 1 amide bonds. The fraction of sp³-hybridized carbons (Fsp3) is 0.833. The fourth-order valence-corrected chi connectivity index (χ4v) is 4.66. The Kier molecular flexibility index (Phi) is 4.33. The van der Waals surface area contributed by atoms with Crippen LogP contribution in [0.5, 0.6) is 0 Å². The number of fused-ring (bicyclic) bond motifs is 2.